The van der Waals surface area contributed by atoms with Gasteiger partial charge in [0.2, 0.25) is 11.8 Å². The second-order valence-electron chi connectivity index (χ2n) is 8.52. The summed E-state index contributed by atoms with van der Waals surface area (Å²) in [4.78, 5) is 40.0. The summed E-state index contributed by atoms with van der Waals surface area (Å²) in [6.45, 7) is -0.962. The van der Waals surface area contributed by atoms with Gasteiger partial charge in [0.1, 0.15) is 5.75 Å². The Hall–Kier alpha value is -2.66. The molecule has 4 atom stereocenters. The van der Waals surface area contributed by atoms with E-state index in [2.05, 4.69) is 10.1 Å². The van der Waals surface area contributed by atoms with Crippen molar-refractivity contribution < 1.29 is 42.5 Å². The fraction of sp³-hybridized carbons (Fsp3) is 0.571. The third kappa shape index (κ3) is 3.62. The molecular weight excluding hydrogens is 433 g/mol. The minimum Gasteiger partial charge on any atom is -0.480 e. The number of amides is 2. The number of hydrogen-bond acceptors (Lipinski definition) is 6. The minimum absolute atomic E-state index is 0.157. The standard InChI is InChI=1S/C21H23F3N2O6/c22-21(23,24)32-13-8-4-5-11(9-13)16-14-15(20(10-27,25-16)19(30)31)18(29)26(17(14)28)12-6-2-1-3-7-12/h4-5,8-9,12,14-16,25,27H,1-3,6-7,10H2,(H,30,31). The summed E-state index contributed by atoms with van der Waals surface area (Å²) in [6, 6.07) is 3.40. The largest absolute Gasteiger partial charge is 0.573 e. The number of halogens is 3. The van der Waals surface area contributed by atoms with Gasteiger partial charge in [-0.05, 0) is 30.5 Å². The summed E-state index contributed by atoms with van der Waals surface area (Å²) in [5.41, 5.74) is -1.98. The Bertz CT molecular complexity index is 932. The van der Waals surface area contributed by atoms with E-state index < -0.39 is 59.9 Å². The van der Waals surface area contributed by atoms with Gasteiger partial charge in [0.15, 0.2) is 5.54 Å². The van der Waals surface area contributed by atoms with Crippen LogP contribution in [-0.4, -0.2) is 57.4 Å². The Morgan fingerprint density at radius 2 is 1.88 bits per heavy atom. The lowest BCUT2D eigenvalue weighted by Crippen LogP contribution is -2.59. The van der Waals surface area contributed by atoms with Crippen molar-refractivity contribution in [1.82, 2.24) is 10.2 Å². The maximum absolute atomic E-state index is 13.4. The second-order valence-corrected chi connectivity index (χ2v) is 8.52. The van der Waals surface area contributed by atoms with Crippen LogP contribution in [0.3, 0.4) is 0 Å². The molecule has 0 bridgehead atoms. The molecule has 3 N–H and O–H groups in total. The molecule has 11 heteroatoms. The van der Waals surface area contributed by atoms with Crippen LogP contribution in [0.15, 0.2) is 24.3 Å². The number of nitrogens with one attached hydrogen (secondary N) is 1. The number of carboxylic acids is 1. The Labute approximate surface area is 181 Å². The lowest BCUT2D eigenvalue weighted by molar-refractivity contribution is -0.274. The van der Waals surface area contributed by atoms with E-state index in [0.717, 1.165) is 36.3 Å². The van der Waals surface area contributed by atoms with E-state index in [0.29, 0.717) is 12.8 Å². The predicted octanol–water partition coefficient (Wildman–Crippen LogP) is 1.98. The summed E-state index contributed by atoms with van der Waals surface area (Å²) in [5.74, 6) is -5.83. The van der Waals surface area contributed by atoms with Crippen LogP contribution in [0.1, 0.15) is 43.7 Å². The zero-order valence-electron chi connectivity index (χ0n) is 17.0. The van der Waals surface area contributed by atoms with Crippen LogP contribution in [0.5, 0.6) is 5.75 Å². The van der Waals surface area contributed by atoms with Crippen LogP contribution in [0.2, 0.25) is 0 Å². The first kappa shape index (κ1) is 22.5. The minimum atomic E-state index is -4.93. The molecule has 2 saturated heterocycles. The number of aliphatic carboxylic acids is 1. The van der Waals surface area contributed by atoms with Crippen LogP contribution in [0.4, 0.5) is 13.2 Å². The van der Waals surface area contributed by atoms with Gasteiger partial charge in [0.05, 0.1) is 18.4 Å². The molecule has 8 nitrogen and oxygen atoms in total. The predicted molar refractivity (Wildman–Crippen MR) is 102 cm³/mol. The van der Waals surface area contributed by atoms with Crippen molar-refractivity contribution in [2.75, 3.05) is 6.61 Å². The van der Waals surface area contributed by atoms with Crippen LogP contribution >= 0.6 is 0 Å². The highest BCUT2D eigenvalue weighted by molar-refractivity contribution is 6.09. The van der Waals surface area contributed by atoms with Crippen molar-refractivity contribution in [2.24, 2.45) is 11.8 Å². The molecule has 4 unspecified atom stereocenters. The van der Waals surface area contributed by atoms with Crippen LogP contribution < -0.4 is 10.1 Å². The quantitative estimate of drug-likeness (QED) is 0.580. The molecule has 174 valence electrons. The van der Waals surface area contributed by atoms with E-state index in [1.807, 2.05) is 0 Å². The first-order valence-corrected chi connectivity index (χ1v) is 10.4. The zero-order chi connectivity index (χ0) is 23.3. The maximum Gasteiger partial charge on any atom is 0.573 e. The summed E-state index contributed by atoms with van der Waals surface area (Å²) in [5, 5.41) is 22.6. The number of imide groups is 1. The van der Waals surface area contributed by atoms with E-state index >= 15 is 0 Å². The van der Waals surface area contributed by atoms with Crippen LogP contribution in [-0.2, 0) is 14.4 Å². The number of aliphatic hydroxyl groups is 1. The van der Waals surface area contributed by atoms with Gasteiger partial charge >= 0.3 is 12.3 Å². The molecule has 4 rings (SSSR count). The maximum atomic E-state index is 13.4. The zero-order valence-corrected chi connectivity index (χ0v) is 17.0. The average Bonchev–Trinajstić information content (AvgIpc) is 3.22. The number of carbonyl (C=O) groups is 3. The molecule has 3 aliphatic rings. The SMILES string of the molecule is O=C1C2C(c3cccc(OC(F)(F)F)c3)NC(CO)(C(=O)O)C2C(=O)N1C1CCCCC1. The van der Waals surface area contributed by atoms with Gasteiger partial charge in [0, 0.05) is 12.1 Å². The van der Waals surface area contributed by atoms with E-state index in [1.54, 1.807) is 0 Å². The van der Waals surface area contributed by atoms with Crippen molar-refractivity contribution in [3.63, 3.8) is 0 Å². The Morgan fingerprint density at radius 1 is 1.19 bits per heavy atom. The molecule has 2 amide bonds. The average molecular weight is 456 g/mol. The van der Waals surface area contributed by atoms with Gasteiger partial charge in [-0.25, -0.2) is 0 Å². The highest BCUT2D eigenvalue weighted by atomic mass is 19.4. The van der Waals surface area contributed by atoms with Crippen LogP contribution in [0, 0.1) is 11.8 Å². The molecule has 0 spiro atoms. The van der Waals surface area contributed by atoms with Crippen molar-refractivity contribution in [3.8, 4) is 5.75 Å². The Kier molecular flexibility index (Phi) is 5.66. The first-order valence-electron chi connectivity index (χ1n) is 10.4. The smallest absolute Gasteiger partial charge is 0.480 e. The number of carboxylic acid groups (broad SMARTS) is 1. The van der Waals surface area contributed by atoms with Gasteiger partial charge in [0.25, 0.3) is 0 Å². The highest BCUT2D eigenvalue weighted by Gasteiger charge is 2.69. The molecule has 0 radical (unpaired) electrons. The van der Waals surface area contributed by atoms with Gasteiger partial charge in [-0.3, -0.25) is 24.6 Å². The molecule has 1 aromatic rings. The van der Waals surface area contributed by atoms with Gasteiger partial charge in [-0.15, -0.1) is 13.2 Å². The number of fused-ring (bicyclic) bond motifs is 1. The topological polar surface area (TPSA) is 116 Å². The van der Waals surface area contributed by atoms with Gasteiger partial charge in [-0.2, -0.15) is 0 Å². The lowest BCUT2D eigenvalue weighted by Gasteiger charge is -2.33. The number of hydrogen-bond donors (Lipinski definition) is 3. The monoisotopic (exact) mass is 456 g/mol. The molecule has 0 aromatic heterocycles. The fourth-order valence-corrected chi connectivity index (χ4v) is 5.33. The molecule has 2 heterocycles. The Balaban J connectivity index is 1.75. The number of nitrogens with zero attached hydrogens (tertiary/aromatic N) is 1. The normalized spacial score (nSPS) is 31.1. The van der Waals surface area contributed by atoms with Crippen molar-refractivity contribution in [1.29, 1.82) is 0 Å². The third-order valence-corrected chi connectivity index (χ3v) is 6.71. The lowest BCUT2D eigenvalue weighted by atomic mass is 9.79. The fourth-order valence-electron chi connectivity index (χ4n) is 5.33. The molecule has 1 aliphatic carbocycles. The third-order valence-electron chi connectivity index (χ3n) is 6.71. The van der Waals surface area contributed by atoms with Gasteiger partial charge < -0.3 is 14.9 Å². The van der Waals surface area contributed by atoms with Crippen molar-refractivity contribution in [3.05, 3.63) is 29.8 Å². The molecule has 32 heavy (non-hydrogen) atoms. The van der Waals surface area contributed by atoms with E-state index in [4.69, 9.17) is 0 Å². The van der Waals surface area contributed by atoms with E-state index in [1.165, 1.54) is 12.1 Å². The molecule has 1 aromatic carbocycles. The number of ether oxygens (including phenoxy) is 1. The van der Waals surface area contributed by atoms with Crippen LogP contribution in [0.25, 0.3) is 0 Å². The summed E-state index contributed by atoms with van der Waals surface area (Å²) in [7, 11) is 0. The van der Waals surface area contributed by atoms with Crippen molar-refractivity contribution >= 4 is 17.8 Å². The molecule has 3 fully saturated rings. The number of aliphatic hydroxyl groups excluding tert-OH is 1. The van der Waals surface area contributed by atoms with Gasteiger partial charge in [-0.1, -0.05) is 31.4 Å². The first-order chi connectivity index (χ1) is 15.1. The number of rotatable bonds is 5. The van der Waals surface area contributed by atoms with E-state index in [9.17, 15) is 37.8 Å². The molecule has 2 aliphatic heterocycles. The van der Waals surface area contributed by atoms with Crippen molar-refractivity contribution in [2.45, 2.75) is 56.1 Å². The number of benzene rings is 1. The summed E-state index contributed by atoms with van der Waals surface area (Å²) < 4.78 is 41.9. The second kappa shape index (κ2) is 8.04. The Morgan fingerprint density at radius 3 is 2.47 bits per heavy atom. The summed E-state index contributed by atoms with van der Waals surface area (Å²) in [6.07, 6.45) is -1.06. The molecular formula is C21H23F3N2O6. The van der Waals surface area contributed by atoms with E-state index in [-0.39, 0.29) is 11.6 Å². The number of carbonyl (C=O) groups excluding carboxylic acids is 2. The molecule has 1 saturated carbocycles. The number of likely N-dealkylation sites (tertiary alicyclic amines) is 1. The highest BCUT2D eigenvalue weighted by Crippen LogP contribution is 2.50. The number of alkyl halides is 3. The summed E-state index contributed by atoms with van der Waals surface area (Å²) >= 11 is 0.